The minimum atomic E-state index is -1.09. The number of hydrogen-bond acceptors (Lipinski definition) is 6. The number of aryl methyl sites for hydroxylation is 1. The lowest BCUT2D eigenvalue weighted by atomic mass is 9.90. The van der Waals surface area contributed by atoms with Crippen LogP contribution in [0.5, 0.6) is 5.75 Å². The fourth-order valence-corrected chi connectivity index (χ4v) is 5.26. The van der Waals surface area contributed by atoms with Crippen LogP contribution in [0.4, 0.5) is 10.5 Å². The number of anilines is 1. The number of hydrogen-bond donors (Lipinski definition) is 1. The fourth-order valence-electron chi connectivity index (χ4n) is 5.26. The normalized spacial score (nSPS) is 18.5. The molecule has 233 valence electrons. The number of fused-ring (bicyclic) bond motifs is 1. The number of likely N-dealkylation sites (tertiary alicyclic amines) is 1. The van der Waals surface area contributed by atoms with Crippen LogP contribution in [0.3, 0.4) is 0 Å². The molecule has 0 unspecified atom stereocenters. The molecule has 1 radical (unpaired) electrons. The van der Waals surface area contributed by atoms with E-state index in [1.165, 1.54) is 0 Å². The quantitative estimate of drug-likeness (QED) is 0.456. The van der Waals surface area contributed by atoms with Crippen molar-refractivity contribution in [3.63, 3.8) is 0 Å². The van der Waals surface area contributed by atoms with E-state index in [4.69, 9.17) is 9.47 Å². The summed E-state index contributed by atoms with van der Waals surface area (Å²) in [6.07, 6.45) is 2.13. The summed E-state index contributed by atoms with van der Waals surface area (Å²) >= 11 is 0. The third kappa shape index (κ3) is 7.36. The first kappa shape index (κ1) is 33.2. The van der Waals surface area contributed by atoms with E-state index >= 15 is 0 Å². The van der Waals surface area contributed by atoms with Crippen LogP contribution in [-0.2, 0) is 14.3 Å². The van der Waals surface area contributed by atoms with Gasteiger partial charge in [0.25, 0.3) is 11.8 Å². The van der Waals surface area contributed by atoms with Gasteiger partial charge in [-0.25, -0.2) is 4.79 Å². The molecule has 1 fully saturated rings. The van der Waals surface area contributed by atoms with Crippen molar-refractivity contribution in [1.29, 1.82) is 0 Å². The van der Waals surface area contributed by atoms with Gasteiger partial charge in [-0.2, -0.15) is 0 Å². The van der Waals surface area contributed by atoms with E-state index in [1.54, 1.807) is 36.6 Å². The monoisotopic (exact) mass is 585 g/mol. The number of nitrogens with zero attached hydrogens (tertiary/aromatic N) is 3. The molecule has 1 saturated heterocycles. The number of ether oxygens (including phenoxy) is 2. The van der Waals surface area contributed by atoms with Crippen LogP contribution in [0, 0.1) is 18.4 Å². The maximum atomic E-state index is 14.2. The average Bonchev–Trinajstić information content (AvgIpc) is 2.89. The highest BCUT2D eigenvalue weighted by Gasteiger charge is 2.42. The predicted octanol–water partition coefficient (Wildman–Crippen LogP) is 5.07. The molecule has 1 atom stereocenters. The minimum Gasteiger partial charge on any atom is -0.476 e. The van der Waals surface area contributed by atoms with Gasteiger partial charge in [-0.1, -0.05) is 27.7 Å². The molecular weight excluding hydrogens is 536 g/mol. The van der Waals surface area contributed by atoms with Crippen molar-refractivity contribution < 1.29 is 28.7 Å². The molecule has 0 spiro atoms. The highest BCUT2D eigenvalue weighted by Crippen LogP contribution is 2.40. The van der Waals surface area contributed by atoms with E-state index in [2.05, 4.69) is 5.32 Å². The van der Waals surface area contributed by atoms with Crippen LogP contribution in [-0.4, -0.2) is 77.5 Å². The SMILES string of the molecule is CCC(=O)NCCN1C(=O)C(C)(C)Oc2cc(C)c(C(=O)N(C(C)C)[C@@H]3CCCN(C(=O)O[C](C)C(C)(C)C)C3)cc21. The highest BCUT2D eigenvalue weighted by molar-refractivity contribution is 6.05. The smallest absolute Gasteiger partial charge is 0.410 e. The molecule has 10 nitrogen and oxygen atoms in total. The number of piperidine rings is 1. The van der Waals surface area contributed by atoms with E-state index in [0.717, 1.165) is 18.4 Å². The van der Waals surface area contributed by atoms with E-state index in [0.29, 0.717) is 42.6 Å². The molecule has 1 aromatic carbocycles. The van der Waals surface area contributed by atoms with Crippen LogP contribution in [0.15, 0.2) is 12.1 Å². The Bertz CT molecular complexity index is 1190. The fraction of sp³-hybridized carbons (Fsp3) is 0.656. The van der Waals surface area contributed by atoms with Crippen molar-refractivity contribution in [2.24, 2.45) is 5.41 Å². The van der Waals surface area contributed by atoms with Gasteiger partial charge < -0.3 is 29.5 Å². The molecule has 10 heteroatoms. The summed E-state index contributed by atoms with van der Waals surface area (Å²) < 4.78 is 11.8. The van der Waals surface area contributed by atoms with Crippen molar-refractivity contribution in [2.45, 2.75) is 106 Å². The molecule has 4 amide bonds. The second kappa shape index (κ2) is 12.9. The Morgan fingerprint density at radius 1 is 1.21 bits per heavy atom. The number of nitrogens with one attached hydrogen (secondary N) is 1. The number of rotatable bonds is 8. The van der Waals surface area contributed by atoms with Crippen LogP contribution in [0.25, 0.3) is 0 Å². The lowest BCUT2D eigenvalue weighted by Crippen LogP contribution is -2.55. The van der Waals surface area contributed by atoms with Gasteiger partial charge in [0.15, 0.2) is 11.7 Å². The van der Waals surface area contributed by atoms with Crippen molar-refractivity contribution in [3.05, 3.63) is 29.4 Å². The average molecular weight is 586 g/mol. The van der Waals surface area contributed by atoms with Gasteiger partial charge in [0.2, 0.25) is 5.91 Å². The van der Waals surface area contributed by atoms with Gasteiger partial charge in [0.05, 0.1) is 11.7 Å². The Balaban J connectivity index is 1.89. The molecule has 0 aliphatic carbocycles. The van der Waals surface area contributed by atoms with Gasteiger partial charge in [-0.05, 0) is 72.1 Å². The Morgan fingerprint density at radius 3 is 2.48 bits per heavy atom. The zero-order chi connectivity index (χ0) is 31.6. The maximum Gasteiger partial charge on any atom is 0.410 e. The van der Waals surface area contributed by atoms with Crippen LogP contribution in [0.1, 0.15) is 97.5 Å². The lowest BCUT2D eigenvalue weighted by Gasteiger charge is -2.42. The van der Waals surface area contributed by atoms with Crippen LogP contribution >= 0.6 is 0 Å². The van der Waals surface area contributed by atoms with Crippen molar-refractivity contribution in [1.82, 2.24) is 15.1 Å². The molecule has 3 rings (SSSR count). The zero-order valence-electron chi connectivity index (χ0n) is 27.1. The van der Waals surface area contributed by atoms with Crippen molar-refractivity contribution >= 4 is 29.5 Å². The van der Waals surface area contributed by atoms with Gasteiger partial charge in [0.1, 0.15) is 5.75 Å². The van der Waals surface area contributed by atoms with E-state index in [1.807, 2.05) is 59.4 Å². The topological polar surface area (TPSA) is 108 Å². The zero-order valence-corrected chi connectivity index (χ0v) is 27.1. The predicted molar refractivity (Wildman–Crippen MR) is 162 cm³/mol. The van der Waals surface area contributed by atoms with Crippen LogP contribution < -0.4 is 15.0 Å². The van der Waals surface area contributed by atoms with Crippen molar-refractivity contribution in [3.8, 4) is 5.75 Å². The summed E-state index contributed by atoms with van der Waals surface area (Å²) in [7, 11) is 0. The first-order valence-corrected chi connectivity index (χ1v) is 15.0. The second-order valence-electron chi connectivity index (χ2n) is 13.1. The molecule has 1 N–H and O–H groups in total. The summed E-state index contributed by atoms with van der Waals surface area (Å²) in [6, 6.07) is 3.21. The number of amides is 4. The Labute approximate surface area is 251 Å². The molecular formula is C32H49N4O6. The summed E-state index contributed by atoms with van der Waals surface area (Å²) in [5.41, 5.74) is 0.357. The van der Waals surface area contributed by atoms with Gasteiger partial charge in [-0.3, -0.25) is 14.4 Å². The Kier molecular flexibility index (Phi) is 10.2. The first-order chi connectivity index (χ1) is 19.5. The van der Waals surface area contributed by atoms with Gasteiger partial charge in [-0.15, -0.1) is 0 Å². The number of carbonyl (C=O) groups is 4. The van der Waals surface area contributed by atoms with Gasteiger partial charge >= 0.3 is 6.09 Å². The third-order valence-electron chi connectivity index (χ3n) is 8.07. The number of benzene rings is 1. The van der Waals surface area contributed by atoms with E-state index < -0.39 is 11.7 Å². The number of carbonyl (C=O) groups excluding carboxylic acids is 4. The highest BCUT2D eigenvalue weighted by atomic mass is 16.6. The second-order valence-corrected chi connectivity index (χ2v) is 13.1. The lowest BCUT2D eigenvalue weighted by molar-refractivity contribution is -0.132. The molecule has 2 heterocycles. The standard InChI is InChI=1S/C32H49N4O6/c1-11-27(37)33-14-16-35-25-18-24(21(4)17-26(25)42-32(9,10)29(35)39)28(38)36(20(2)3)23-13-12-15-34(19-23)30(40)41-22(5)31(6,7)8/h17-18,20,23H,11-16,19H2,1-10H3,(H,33,37)/t23-/m1/s1. The summed E-state index contributed by atoms with van der Waals surface area (Å²) in [4.78, 5) is 57.6. The van der Waals surface area contributed by atoms with E-state index in [9.17, 15) is 19.2 Å². The maximum absolute atomic E-state index is 14.2. The van der Waals surface area contributed by atoms with Crippen molar-refractivity contribution in [2.75, 3.05) is 31.1 Å². The third-order valence-corrected chi connectivity index (χ3v) is 8.07. The molecule has 0 aromatic heterocycles. The summed E-state index contributed by atoms with van der Waals surface area (Å²) in [6.45, 7) is 20.3. The molecule has 2 aliphatic rings. The largest absolute Gasteiger partial charge is 0.476 e. The first-order valence-electron chi connectivity index (χ1n) is 15.0. The van der Waals surface area contributed by atoms with Crippen LogP contribution in [0.2, 0.25) is 0 Å². The molecule has 0 saturated carbocycles. The molecule has 2 aliphatic heterocycles. The van der Waals surface area contributed by atoms with Gasteiger partial charge in [0, 0.05) is 49.6 Å². The molecule has 0 bridgehead atoms. The molecule has 42 heavy (non-hydrogen) atoms. The molecule has 1 aromatic rings. The summed E-state index contributed by atoms with van der Waals surface area (Å²) in [5.74, 6) is 0.00926. The van der Waals surface area contributed by atoms with E-state index in [-0.39, 0.29) is 48.3 Å². The Hall–Kier alpha value is -3.30. The minimum absolute atomic E-state index is 0.0978. The Morgan fingerprint density at radius 2 is 1.88 bits per heavy atom. The summed E-state index contributed by atoms with van der Waals surface area (Å²) in [5, 5.41) is 2.82.